The summed E-state index contributed by atoms with van der Waals surface area (Å²) in [7, 11) is 0. The lowest BCUT2D eigenvalue weighted by Crippen LogP contribution is -2.55. The normalized spacial score (nSPS) is 16.3. The van der Waals surface area contributed by atoms with Gasteiger partial charge in [0.15, 0.2) is 0 Å². The Balaban J connectivity index is 2.34. The molecule has 0 aliphatic carbocycles. The van der Waals surface area contributed by atoms with Crippen LogP contribution in [0.15, 0.2) is 0 Å². The van der Waals surface area contributed by atoms with Crippen molar-refractivity contribution in [3.8, 4) is 0 Å². The predicted octanol–water partition coefficient (Wildman–Crippen LogP) is 4.11. The lowest BCUT2D eigenvalue weighted by atomic mass is 9.85. The van der Waals surface area contributed by atoms with Gasteiger partial charge in [-0.2, -0.15) is 0 Å². The third kappa shape index (κ3) is 17.8. The summed E-state index contributed by atoms with van der Waals surface area (Å²) in [6.45, 7) is 18.8. The molecule has 0 spiro atoms. The fourth-order valence-electron chi connectivity index (χ4n) is 4.85. The number of carbonyl (C=O) groups is 3. The van der Waals surface area contributed by atoms with Crippen LogP contribution in [0.1, 0.15) is 99.8 Å². The molecule has 1 fully saturated rings. The Kier molecular flexibility index (Phi) is 19.0. The largest absolute Gasteiger partial charge is 0.444 e. The highest BCUT2D eigenvalue weighted by molar-refractivity contribution is 5.88. The molecule has 0 saturated carbocycles. The maximum absolute atomic E-state index is 13.2. The minimum atomic E-state index is -0.570. The number of hydrogen-bond acceptors (Lipinski definition) is 8. The van der Waals surface area contributed by atoms with E-state index in [-0.39, 0.29) is 29.4 Å². The SMILES string of the molecule is CC1CCCN1C(=O)C(NC(=O)CCCCCCCN(CCOCCOCCOCCN)C(=O)OC(C)(C)C)C(C)(C)C. The van der Waals surface area contributed by atoms with E-state index in [2.05, 4.69) is 12.2 Å². The number of nitrogens with zero attached hydrogens (tertiary/aromatic N) is 2. The standard InChI is InChI=1S/C32H62N4O7/c1-26-14-13-18-36(26)29(38)28(31(2,3)4)34-27(37)15-11-9-8-10-12-17-35(30(39)43-32(5,6)7)19-21-41-23-25-42-24-22-40-20-16-33/h26,28H,8-25,33H2,1-7H3,(H,34,37). The smallest absolute Gasteiger partial charge is 0.410 e. The van der Waals surface area contributed by atoms with Gasteiger partial charge in [-0.1, -0.05) is 40.0 Å². The van der Waals surface area contributed by atoms with Gasteiger partial charge in [-0.15, -0.1) is 0 Å². The number of ether oxygens (including phenoxy) is 4. The molecule has 11 heteroatoms. The Labute approximate surface area is 260 Å². The molecule has 11 nitrogen and oxygen atoms in total. The highest BCUT2D eigenvalue weighted by Gasteiger charge is 2.38. The minimum absolute atomic E-state index is 0.0308. The molecule has 252 valence electrons. The zero-order chi connectivity index (χ0) is 32.3. The van der Waals surface area contributed by atoms with Crippen molar-refractivity contribution in [3.05, 3.63) is 0 Å². The van der Waals surface area contributed by atoms with Crippen molar-refractivity contribution in [3.63, 3.8) is 0 Å². The van der Waals surface area contributed by atoms with Gasteiger partial charge in [0.2, 0.25) is 11.8 Å². The van der Waals surface area contributed by atoms with Crippen LogP contribution in [-0.2, 0) is 28.5 Å². The monoisotopic (exact) mass is 614 g/mol. The molecular formula is C32H62N4O7. The first-order chi connectivity index (χ1) is 20.3. The van der Waals surface area contributed by atoms with Crippen LogP contribution >= 0.6 is 0 Å². The fourth-order valence-corrected chi connectivity index (χ4v) is 4.85. The summed E-state index contributed by atoms with van der Waals surface area (Å²) in [6, 6.07) is -0.290. The molecule has 1 saturated heterocycles. The van der Waals surface area contributed by atoms with Crippen molar-refractivity contribution in [1.29, 1.82) is 0 Å². The molecule has 1 aliphatic rings. The summed E-state index contributed by atoms with van der Waals surface area (Å²) in [5.74, 6) is -0.0372. The summed E-state index contributed by atoms with van der Waals surface area (Å²) in [4.78, 5) is 42.3. The molecule has 0 aromatic rings. The maximum atomic E-state index is 13.2. The summed E-state index contributed by atoms with van der Waals surface area (Å²) >= 11 is 0. The van der Waals surface area contributed by atoms with Gasteiger partial charge in [0, 0.05) is 38.6 Å². The van der Waals surface area contributed by atoms with Crippen molar-refractivity contribution < 1.29 is 33.3 Å². The zero-order valence-corrected chi connectivity index (χ0v) is 28.2. The van der Waals surface area contributed by atoms with Gasteiger partial charge in [0.1, 0.15) is 11.6 Å². The van der Waals surface area contributed by atoms with E-state index < -0.39 is 11.6 Å². The first-order valence-corrected chi connectivity index (χ1v) is 16.3. The van der Waals surface area contributed by atoms with Crippen LogP contribution in [0.25, 0.3) is 0 Å². The van der Waals surface area contributed by atoms with Crippen LogP contribution in [0.5, 0.6) is 0 Å². The number of nitrogens with one attached hydrogen (secondary N) is 1. The van der Waals surface area contributed by atoms with Gasteiger partial charge in [-0.05, 0) is 58.8 Å². The third-order valence-corrected chi connectivity index (χ3v) is 7.25. The van der Waals surface area contributed by atoms with Crippen LogP contribution in [-0.4, -0.2) is 111 Å². The highest BCUT2D eigenvalue weighted by atomic mass is 16.6. The van der Waals surface area contributed by atoms with Crippen molar-refractivity contribution in [2.45, 2.75) is 118 Å². The lowest BCUT2D eigenvalue weighted by molar-refractivity contribution is -0.140. The van der Waals surface area contributed by atoms with E-state index in [1.165, 1.54) is 0 Å². The van der Waals surface area contributed by atoms with Crippen molar-refractivity contribution >= 4 is 17.9 Å². The minimum Gasteiger partial charge on any atom is -0.444 e. The van der Waals surface area contributed by atoms with Gasteiger partial charge in [-0.3, -0.25) is 9.59 Å². The Morgan fingerprint density at radius 3 is 2.00 bits per heavy atom. The van der Waals surface area contributed by atoms with E-state index in [1.54, 1.807) is 4.90 Å². The van der Waals surface area contributed by atoms with Gasteiger partial charge in [-0.25, -0.2) is 4.79 Å². The first-order valence-electron chi connectivity index (χ1n) is 16.3. The average molecular weight is 615 g/mol. The number of likely N-dealkylation sites (tertiary alicyclic amines) is 1. The summed E-state index contributed by atoms with van der Waals surface area (Å²) in [6.07, 6.45) is 6.52. The topological polar surface area (TPSA) is 133 Å². The number of amides is 3. The molecule has 1 rings (SSSR count). The summed E-state index contributed by atoms with van der Waals surface area (Å²) < 4.78 is 22.0. The molecule has 1 heterocycles. The van der Waals surface area contributed by atoms with Gasteiger partial charge < -0.3 is 39.8 Å². The van der Waals surface area contributed by atoms with Crippen LogP contribution in [0.4, 0.5) is 4.79 Å². The molecule has 1 aliphatic heterocycles. The molecule has 0 bridgehead atoms. The first kappa shape index (κ1) is 39.1. The molecule has 0 aromatic heterocycles. The molecule has 2 unspecified atom stereocenters. The third-order valence-electron chi connectivity index (χ3n) is 7.25. The number of carbonyl (C=O) groups excluding carboxylic acids is 3. The molecule has 0 radical (unpaired) electrons. The van der Waals surface area contributed by atoms with Gasteiger partial charge >= 0.3 is 6.09 Å². The van der Waals surface area contributed by atoms with Gasteiger partial charge in [0.25, 0.3) is 0 Å². The Morgan fingerprint density at radius 1 is 0.860 bits per heavy atom. The van der Waals surface area contributed by atoms with Gasteiger partial charge in [0.05, 0.1) is 39.6 Å². The Bertz CT molecular complexity index is 798. The van der Waals surface area contributed by atoms with E-state index in [0.717, 1.165) is 51.5 Å². The predicted molar refractivity (Wildman–Crippen MR) is 169 cm³/mol. The van der Waals surface area contributed by atoms with Crippen molar-refractivity contribution in [2.24, 2.45) is 11.1 Å². The van der Waals surface area contributed by atoms with Crippen molar-refractivity contribution in [2.75, 3.05) is 65.8 Å². The second-order valence-electron chi connectivity index (χ2n) is 13.5. The summed E-state index contributed by atoms with van der Waals surface area (Å²) in [5.41, 5.74) is 4.45. The molecule has 0 aromatic carbocycles. The maximum Gasteiger partial charge on any atom is 0.410 e. The quantitative estimate of drug-likeness (QED) is 0.185. The van der Waals surface area contributed by atoms with Crippen molar-refractivity contribution in [1.82, 2.24) is 15.1 Å². The molecule has 2 atom stereocenters. The fraction of sp³-hybridized carbons (Fsp3) is 0.906. The van der Waals surface area contributed by atoms with E-state index in [9.17, 15) is 14.4 Å². The Hall–Kier alpha value is -1.95. The number of nitrogens with two attached hydrogens (primary N) is 1. The molecular weight excluding hydrogens is 552 g/mol. The number of hydrogen-bond donors (Lipinski definition) is 2. The number of rotatable bonds is 21. The Morgan fingerprint density at radius 2 is 1.44 bits per heavy atom. The lowest BCUT2D eigenvalue weighted by Gasteiger charge is -2.35. The van der Waals surface area contributed by atoms with E-state index in [0.29, 0.717) is 65.7 Å². The molecule has 3 N–H and O–H groups in total. The molecule has 3 amide bonds. The average Bonchev–Trinajstić information content (AvgIpc) is 3.34. The van der Waals surface area contributed by atoms with E-state index >= 15 is 0 Å². The van der Waals surface area contributed by atoms with Crippen LogP contribution in [0.3, 0.4) is 0 Å². The van der Waals surface area contributed by atoms with E-state index in [4.69, 9.17) is 24.7 Å². The molecule has 43 heavy (non-hydrogen) atoms. The number of unbranched alkanes of at least 4 members (excludes halogenated alkanes) is 4. The van der Waals surface area contributed by atoms with Crippen LogP contribution in [0.2, 0.25) is 0 Å². The van der Waals surface area contributed by atoms with Crippen LogP contribution in [0, 0.1) is 5.41 Å². The van der Waals surface area contributed by atoms with E-state index in [1.807, 2.05) is 46.4 Å². The summed E-state index contributed by atoms with van der Waals surface area (Å²) in [5, 5.41) is 3.03. The second-order valence-corrected chi connectivity index (χ2v) is 13.5. The highest BCUT2D eigenvalue weighted by Crippen LogP contribution is 2.25. The van der Waals surface area contributed by atoms with Crippen LogP contribution < -0.4 is 11.1 Å². The second kappa shape index (κ2) is 20.9. The zero-order valence-electron chi connectivity index (χ0n) is 28.2.